The van der Waals surface area contributed by atoms with E-state index < -0.39 is 86.6 Å². The van der Waals surface area contributed by atoms with Gasteiger partial charge in [-0.1, -0.05) is 19.4 Å². The fourth-order valence-electron chi connectivity index (χ4n) is 2.96. The van der Waals surface area contributed by atoms with Gasteiger partial charge in [-0.3, -0.25) is 0 Å². The minimum Gasteiger partial charge on any atom is -0.475 e. The van der Waals surface area contributed by atoms with Crippen LogP contribution in [-0.4, -0.2) is 62.2 Å². The Morgan fingerprint density at radius 2 is 1.69 bits per heavy atom. The number of nitrogens with zero attached hydrogens (tertiary/aromatic N) is 1. The van der Waals surface area contributed by atoms with Crippen LogP contribution in [-0.2, 0) is 28.6 Å². The molecule has 0 N–H and O–H groups in total. The van der Waals surface area contributed by atoms with Gasteiger partial charge in [0, 0.05) is 12.5 Å². The zero-order valence-corrected chi connectivity index (χ0v) is 20.5. The summed E-state index contributed by atoms with van der Waals surface area (Å²) in [4.78, 5) is 35.5. The number of halogens is 8. The molecule has 0 aromatic heterocycles. The molecule has 1 aromatic rings. The number of hydrogen-bond acceptors (Lipinski definition) is 10. The van der Waals surface area contributed by atoms with Gasteiger partial charge in [-0.2, -0.15) is 13.2 Å². The summed E-state index contributed by atoms with van der Waals surface area (Å²) < 4.78 is 130. The fourth-order valence-corrected chi connectivity index (χ4v) is 3.71. The lowest BCUT2D eigenvalue weighted by atomic mass is 9.99. The Morgan fingerprint density at radius 1 is 1.08 bits per heavy atom. The van der Waals surface area contributed by atoms with Crippen molar-refractivity contribution in [3.05, 3.63) is 38.9 Å². The van der Waals surface area contributed by atoms with Crippen molar-refractivity contribution in [2.45, 2.75) is 37.3 Å². The van der Waals surface area contributed by atoms with Crippen LogP contribution in [0.25, 0.3) is 6.08 Å². The fraction of sp³-hybridized carbons (Fsp3) is 0.474. The second-order valence-corrected chi connectivity index (χ2v) is 10.0. The Bertz CT molecular complexity index is 1160. The Balaban J connectivity index is 2.12. The van der Waals surface area contributed by atoms with Gasteiger partial charge in [-0.05, 0) is 30.7 Å². The Hall–Kier alpha value is -3.55. The molecule has 2 atom stereocenters. The van der Waals surface area contributed by atoms with E-state index in [1.165, 1.54) is 0 Å². The van der Waals surface area contributed by atoms with E-state index in [2.05, 4.69) is 23.8 Å². The molecule has 222 valence electrons. The van der Waals surface area contributed by atoms with Crippen LogP contribution in [0.3, 0.4) is 0 Å². The molecule has 11 nitrogen and oxygen atoms in total. The second kappa shape index (κ2) is 10.5. The highest BCUT2D eigenvalue weighted by Crippen LogP contribution is 3.02. The normalized spacial score (nSPS) is 17.8. The quantitative estimate of drug-likeness (QED) is 0.0781. The van der Waals surface area contributed by atoms with Crippen molar-refractivity contribution in [2.24, 2.45) is 0 Å². The number of esters is 1. The average molecular weight is 605 g/mol. The first-order valence-electron chi connectivity index (χ1n) is 10.3. The molecule has 1 aliphatic rings. The predicted octanol–water partition coefficient (Wildman–Crippen LogP) is 5.63. The molecule has 39 heavy (non-hydrogen) atoms. The number of fused-ring (bicyclic) bond motifs is 1. The number of benzene rings is 1. The summed E-state index contributed by atoms with van der Waals surface area (Å²) >= 11 is 0. The van der Waals surface area contributed by atoms with Crippen LogP contribution < -0.4 is 4.74 Å². The monoisotopic (exact) mass is 605 g/mol. The van der Waals surface area contributed by atoms with Gasteiger partial charge in [-0.25, -0.2) is 9.59 Å². The Kier molecular flexibility index (Phi) is 8.56. The first-order valence-corrected chi connectivity index (χ1v) is 12.3. The molecule has 0 bridgehead atoms. The largest absolute Gasteiger partial charge is 0.511 e. The number of carbonyl (C=O) groups is 2. The number of hydrogen-bond donors (Lipinski definition) is 0. The van der Waals surface area contributed by atoms with E-state index in [-0.39, 0.29) is 31.4 Å². The maximum Gasteiger partial charge on any atom is 0.511 e. The van der Waals surface area contributed by atoms with Crippen molar-refractivity contribution < 1.29 is 75.8 Å². The minimum atomic E-state index is -10.3. The molecule has 2 rings (SSSR count). The van der Waals surface area contributed by atoms with E-state index in [4.69, 9.17) is 4.74 Å². The topological polar surface area (TPSA) is 133 Å². The summed E-state index contributed by atoms with van der Waals surface area (Å²) in [6, 6.07) is -0.232. The van der Waals surface area contributed by atoms with Crippen molar-refractivity contribution in [1.82, 2.24) is 0 Å². The summed E-state index contributed by atoms with van der Waals surface area (Å²) in [6.07, 6.45) is -11.5. The first-order chi connectivity index (χ1) is 17.6. The summed E-state index contributed by atoms with van der Waals surface area (Å²) in [5, 5.41) is 8.87. The molecular weight excluding hydrogens is 586 g/mol. The smallest absolute Gasteiger partial charge is 0.475 e. The Morgan fingerprint density at radius 3 is 2.26 bits per heavy atom. The zero-order chi connectivity index (χ0) is 29.9. The van der Waals surface area contributed by atoms with E-state index in [1.807, 2.05) is 0 Å². The van der Waals surface area contributed by atoms with Crippen LogP contribution in [0.2, 0.25) is 0 Å². The molecular formula is C19H19F8NO10S. The summed E-state index contributed by atoms with van der Waals surface area (Å²) in [5.74, 6) is -2.67. The minimum absolute atomic E-state index is 0.0715. The van der Waals surface area contributed by atoms with Gasteiger partial charge in [0.05, 0.1) is 18.8 Å². The number of ether oxygens (including phenoxy) is 5. The van der Waals surface area contributed by atoms with Crippen molar-refractivity contribution in [3.8, 4) is 5.75 Å². The van der Waals surface area contributed by atoms with Crippen molar-refractivity contribution in [3.63, 3.8) is 0 Å². The number of alkyl halides is 3. The van der Waals surface area contributed by atoms with Crippen molar-refractivity contribution >= 4 is 28.4 Å². The molecule has 0 aliphatic carbocycles. The molecule has 1 heterocycles. The van der Waals surface area contributed by atoms with E-state index in [1.54, 1.807) is 0 Å². The van der Waals surface area contributed by atoms with Crippen LogP contribution in [0.15, 0.2) is 22.6 Å². The molecule has 0 spiro atoms. The maximum atomic E-state index is 13.6. The SMILES string of the molecule is Cc1cc(S(F)(F)(F)(F)F)cc2c1OC(C(F)(F)F)C(C(=O)OC(C)OC(=O)OCCOCCO[N+](=O)[O-])=C2. The molecule has 0 fully saturated rings. The zero-order valence-electron chi connectivity index (χ0n) is 19.7. The molecule has 0 saturated heterocycles. The lowest BCUT2D eigenvalue weighted by Crippen LogP contribution is -2.41. The van der Waals surface area contributed by atoms with Crippen LogP contribution in [0, 0.1) is 17.0 Å². The number of aryl methyl sites for hydroxylation is 1. The molecule has 1 aliphatic heterocycles. The number of carbonyl (C=O) groups excluding carboxylic acids is 2. The molecule has 20 heteroatoms. The lowest BCUT2D eigenvalue weighted by molar-refractivity contribution is -0.758. The first kappa shape index (κ1) is 31.7. The molecule has 0 radical (unpaired) electrons. The van der Waals surface area contributed by atoms with Gasteiger partial charge in [0.25, 0.3) is 5.09 Å². The summed E-state index contributed by atoms with van der Waals surface area (Å²) in [6.45, 7) is 0.302. The Labute approximate surface area is 213 Å². The third-order valence-electron chi connectivity index (χ3n) is 4.49. The lowest BCUT2D eigenvalue weighted by Gasteiger charge is -2.41. The molecule has 0 amide bonds. The van der Waals surface area contributed by atoms with Gasteiger partial charge < -0.3 is 28.5 Å². The molecule has 2 unspecified atom stereocenters. The van der Waals surface area contributed by atoms with E-state index in [0.29, 0.717) is 0 Å². The van der Waals surface area contributed by atoms with Crippen LogP contribution in [0.4, 0.5) is 37.4 Å². The van der Waals surface area contributed by atoms with Crippen LogP contribution >= 0.6 is 10.2 Å². The highest BCUT2D eigenvalue weighted by molar-refractivity contribution is 8.45. The predicted molar refractivity (Wildman–Crippen MR) is 113 cm³/mol. The third kappa shape index (κ3) is 9.30. The van der Waals surface area contributed by atoms with Gasteiger partial charge in [0.2, 0.25) is 12.4 Å². The second-order valence-electron chi connectivity index (χ2n) is 7.63. The summed E-state index contributed by atoms with van der Waals surface area (Å²) in [7, 11) is -10.3. The maximum absolute atomic E-state index is 13.6. The molecule has 0 saturated carbocycles. The molecule has 1 aromatic carbocycles. The van der Waals surface area contributed by atoms with E-state index in [0.717, 1.165) is 13.8 Å². The third-order valence-corrected chi connectivity index (χ3v) is 5.62. The van der Waals surface area contributed by atoms with Gasteiger partial charge in [0.15, 0.2) is 0 Å². The van der Waals surface area contributed by atoms with Gasteiger partial charge >= 0.3 is 28.5 Å². The van der Waals surface area contributed by atoms with Crippen molar-refractivity contribution in [1.29, 1.82) is 0 Å². The summed E-state index contributed by atoms with van der Waals surface area (Å²) in [5.41, 5.74) is -3.02. The van der Waals surface area contributed by atoms with Gasteiger partial charge in [0.1, 0.15) is 23.9 Å². The number of rotatable bonds is 11. The van der Waals surface area contributed by atoms with E-state index in [9.17, 15) is 52.3 Å². The van der Waals surface area contributed by atoms with Crippen LogP contribution in [0.1, 0.15) is 18.1 Å². The average Bonchev–Trinajstić information content (AvgIpc) is 2.75. The van der Waals surface area contributed by atoms with Crippen LogP contribution in [0.5, 0.6) is 5.75 Å². The highest BCUT2D eigenvalue weighted by atomic mass is 32.5. The highest BCUT2D eigenvalue weighted by Gasteiger charge is 2.65. The standard InChI is InChI=1S/C19H19F8NO10S/c1-10-7-13(39(23,24,25,26)27)8-12-9-14(16(19(20,21)22)38-15(10)12)17(29)36-11(2)37-18(30)34-5-3-33-4-6-35-28(31)32/h7-9,11,16H,3-6H2,1-2H3. The van der Waals surface area contributed by atoms with Gasteiger partial charge in [-0.15, -0.1) is 10.1 Å². The van der Waals surface area contributed by atoms with Crippen molar-refractivity contribution in [2.75, 3.05) is 26.4 Å². The van der Waals surface area contributed by atoms with E-state index >= 15 is 0 Å².